The molecule has 1 saturated heterocycles. The summed E-state index contributed by atoms with van der Waals surface area (Å²) in [6, 6.07) is 7.16. The molecule has 4 heteroatoms. The molecule has 103 valence electrons. The molecule has 0 spiro atoms. The van der Waals surface area contributed by atoms with Crippen molar-refractivity contribution in [2.75, 3.05) is 20.6 Å². The summed E-state index contributed by atoms with van der Waals surface area (Å²) in [4.78, 5) is 14.6. The fourth-order valence-corrected chi connectivity index (χ4v) is 2.62. The third-order valence-electron chi connectivity index (χ3n) is 4.03. The highest BCUT2D eigenvalue weighted by Crippen LogP contribution is 2.30. The lowest BCUT2D eigenvalue weighted by atomic mass is 9.83. The fraction of sp³-hybridized carbons (Fsp3) is 0.533. The highest BCUT2D eigenvalue weighted by atomic mass is 35.5. The monoisotopic (exact) mass is 279 g/mol. The van der Waals surface area contributed by atoms with Crippen LogP contribution in [0.2, 0.25) is 5.02 Å². The van der Waals surface area contributed by atoms with Gasteiger partial charge in [0.05, 0.1) is 5.66 Å². The first-order valence-corrected chi connectivity index (χ1v) is 6.96. The van der Waals surface area contributed by atoms with Gasteiger partial charge < -0.3 is 0 Å². The second kappa shape index (κ2) is 5.61. The van der Waals surface area contributed by atoms with Gasteiger partial charge in [0.15, 0.2) is 5.78 Å². The van der Waals surface area contributed by atoms with Gasteiger partial charge in [0.2, 0.25) is 0 Å². The van der Waals surface area contributed by atoms with Crippen molar-refractivity contribution in [3.63, 3.8) is 0 Å². The van der Waals surface area contributed by atoms with E-state index in [1.807, 2.05) is 26.2 Å². The maximum atomic E-state index is 12.5. The van der Waals surface area contributed by atoms with Gasteiger partial charge in [-0.2, -0.15) is 0 Å². The summed E-state index contributed by atoms with van der Waals surface area (Å²) in [7, 11) is 4.03. The number of rotatable bonds is 3. The van der Waals surface area contributed by atoms with E-state index in [0.29, 0.717) is 5.02 Å². The standard InChI is InChI=1S/C15H20ClN2O/c1-15(18(2)3)10-12(8-9-17-15)14(19)11-4-6-13(16)7-5-11/h4-7,12H,8-10H2,1-3H3. The number of ketones is 1. The van der Waals surface area contributed by atoms with Crippen molar-refractivity contribution >= 4 is 17.4 Å². The van der Waals surface area contributed by atoms with Gasteiger partial charge >= 0.3 is 0 Å². The molecule has 2 atom stereocenters. The molecule has 0 aliphatic carbocycles. The summed E-state index contributed by atoms with van der Waals surface area (Å²) < 4.78 is 0. The molecule has 1 aliphatic heterocycles. The maximum Gasteiger partial charge on any atom is 0.166 e. The highest BCUT2D eigenvalue weighted by molar-refractivity contribution is 6.30. The van der Waals surface area contributed by atoms with E-state index < -0.39 is 0 Å². The van der Waals surface area contributed by atoms with Gasteiger partial charge in [-0.3, -0.25) is 9.69 Å². The first kappa shape index (κ1) is 14.5. The number of carbonyl (C=O) groups is 1. The minimum Gasteiger partial charge on any atom is -0.294 e. The first-order chi connectivity index (χ1) is 8.92. The third kappa shape index (κ3) is 3.16. The molecule has 19 heavy (non-hydrogen) atoms. The predicted octanol–water partition coefficient (Wildman–Crippen LogP) is 2.81. The summed E-state index contributed by atoms with van der Waals surface area (Å²) in [6.07, 6.45) is 1.62. The Hall–Kier alpha value is -0.900. The molecule has 0 N–H and O–H groups in total. The lowest BCUT2D eigenvalue weighted by Crippen LogP contribution is -2.54. The van der Waals surface area contributed by atoms with Crippen LogP contribution in [0.4, 0.5) is 0 Å². The summed E-state index contributed by atoms with van der Waals surface area (Å²) in [6.45, 7) is 2.84. The van der Waals surface area contributed by atoms with Gasteiger partial charge in [0.25, 0.3) is 0 Å². The molecule has 2 rings (SSSR count). The summed E-state index contributed by atoms with van der Waals surface area (Å²) in [5, 5.41) is 5.31. The Morgan fingerprint density at radius 2 is 2.00 bits per heavy atom. The Balaban J connectivity index is 2.13. The van der Waals surface area contributed by atoms with Crippen LogP contribution in [-0.2, 0) is 0 Å². The topological polar surface area (TPSA) is 34.4 Å². The van der Waals surface area contributed by atoms with Gasteiger partial charge in [-0.15, -0.1) is 0 Å². The molecule has 1 aromatic carbocycles. The van der Waals surface area contributed by atoms with Crippen LogP contribution in [0.5, 0.6) is 0 Å². The molecule has 1 aliphatic rings. The Morgan fingerprint density at radius 1 is 1.37 bits per heavy atom. The van der Waals surface area contributed by atoms with E-state index in [9.17, 15) is 4.79 Å². The molecular weight excluding hydrogens is 260 g/mol. The van der Waals surface area contributed by atoms with Crippen LogP contribution in [0.1, 0.15) is 30.1 Å². The lowest BCUT2D eigenvalue weighted by Gasteiger charge is -2.42. The Kier molecular flexibility index (Phi) is 4.29. The Labute approximate surface area is 119 Å². The number of Topliss-reactive ketones (excluding diaryl/α,β-unsaturated/α-hetero) is 1. The van der Waals surface area contributed by atoms with E-state index in [1.54, 1.807) is 12.1 Å². The minimum atomic E-state index is -0.231. The average Bonchev–Trinajstić information content (AvgIpc) is 2.39. The second-order valence-corrected chi connectivity index (χ2v) is 5.99. The fourth-order valence-electron chi connectivity index (χ4n) is 2.49. The average molecular weight is 280 g/mol. The van der Waals surface area contributed by atoms with Crippen LogP contribution in [0, 0.1) is 5.92 Å². The van der Waals surface area contributed by atoms with E-state index in [-0.39, 0.29) is 17.4 Å². The van der Waals surface area contributed by atoms with Gasteiger partial charge in [-0.05, 0) is 58.1 Å². The van der Waals surface area contributed by atoms with Crippen LogP contribution >= 0.6 is 11.6 Å². The molecule has 1 radical (unpaired) electrons. The van der Waals surface area contributed by atoms with Crippen LogP contribution in [0.15, 0.2) is 24.3 Å². The molecule has 0 aromatic heterocycles. The van der Waals surface area contributed by atoms with Crippen molar-refractivity contribution in [3.05, 3.63) is 34.9 Å². The quantitative estimate of drug-likeness (QED) is 0.798. The van der Waals surface area contributed by atoms with Crippen molar-refractivity contribution in [1.29, 1.82) is 0 Å². The van der Waals surface area contributed by atoms with Crippen molar-refractivity contribution < 1.29 is 4.79 Å². The number of carbonyl (C=O) groups excluding carboxylic acids is 1. The van der Waals surface area contributed by atoms with Crippen molar-refractivity contribution in [2.45, 2.75) is 25.4 Å². The van der Waals surface area contributed by atoms with Crippen LogP contribution < -0.4 is 5.32 Å². The minimum absolute atomic E-state index is 0.0473. The van der Waals surface area contributed by atoms with Gasteiger partial charge in [-0.25, -0.2) is 5.32 Å². The lowest BCUT2D eigenvalue weighted by molar-refractivity contribution is 0.0521. The second-order valence-electron chi connectivity index (χ2n) is 5.55. The number of piperidine rings is 1. The molecule has 0 saturated carbocycles. The largest absolute Gasteiger partial charge is 0.294 e. The van der Waals surface area contributed by atoms with Crippen LogP contribution in [0.25, 0.3) is 0 Å². The summed E-state index contributed by atoms with van der Waals surface area (Å²) in [5.74, 6) is 0.255. The molecule has 1 aromatic rings. The highest BCUT2D eigenvalue weighted by Gasteiger charge is 2.37. The Bertz CT molecular complexity index is 458. The molecule has 2 unspecified atom stereocenters. The molecular formula is C15H20ClN2O. The zero-order valence-electron chi connectivity index (χ0n) is 11.7. The maximum absolute atomic E-state index is 12.5. The van der Waals surface area contributed by atoms with Crippen molar-refractivity contribution in [2.24, 2.45) is 5.92 Å². The van der Waals surface area contributed by atoms with E-state index in [2.05, 4.69) is 17.1 Å². The molecule has 3 nitrogen and oxygen atoms in total. The zero-order valence-corrected chi connectivity index (χ0v) is 12.4. The van der Waals surface area contributed by atoms with E-state index in [0.717, 1.165) is 24.9 Å². The summed E-state index contributed by atoms with van der Waals surface area (Å²) >= 11 is 5.86. The van der Waals surface area contributed by atoms with Gasteiger partial charge in [0.1, 0.15) is 0 Å². The third-order valence-corrected chi connectivity index (χ3v) is 4.28. The summed E-state index contributed by atoms with van der Waals surface area (Å²) in [5.41, 5.74) is 0.516. The molecule has 1 fully saturated rings. The van der Waals surface area contributed by atoms with Crippen LogP contribution in [-0.4, -0.2) is 37.0 Å². The van der Waals surface area contributed by atoms with Crippen molar-refractivity contribution in [1.82, 2.24) is 10.2 Å². The van der Waals surface area contributed by atoms with E-state index in [1.165, 1.54) is 0 Å². The first-order valence-electron chi connectivity index (χ1n) is 6.58. The Morgan fingerprint density at radius 3 is 2.58 bits per heavy atom. The van der Waals surface area contributed by atoms with Crippen molar-refractivity contribution in [3.8, 4) is 0 Å². The van der Waals surface area contributed by atoms with E-state index in [4.69, 9.17) is 11.6 Å². The molecule has 0 amide bonds. The SMILES string of the molecule is CN(C)C1(C)CC(C(=O)c2ccc(Cl)cc2)CC[N]1. The predicted molar refractivity (Wildman–Crippen MR) is 77.6 cm³/mol. The normalized spacial score (nSPS) is 27.5. The van der Waals surface area contributed by atoms with Crippen LogP contribution in [0.3, 0.4) is 0 Å². The molecule has 1 heterocycles. The van der Waals surface area contributed by atoms with Gasteiger partial charge in [0, 0.05) is 23.0 Å². The smallest absolute Gasteiger partial charge is 0.166 e. The van der Waals surface area contributed by atoms with E-state index >= 15 is 0 Å². The number of nitrogens with zero attached hydrogens (tertiary/aromatic N) is 2. The number of hydrogen-bond acceptors (Lipinski definition) is 2. The molecule has 0 bridgehead atoms. The zero-order chi connectivity index (χ0) is 14.0. The number of benzene rings is 1. The number of hydrogen-bond donors (Lipinski definition) is 0. The van der Waals surface area contributed by atoms with Gasteiger partial charge in [-0.1, -0.05) is 11.6 Å². The number of halogens is 1.